The van der Waals surface area contributed by atoms with Gasteiger partial charge in [-0.3, -0.25) is 0 Å². The van der Waals surface area contributed by atoms with Gasteiger partial charge in [-0.15, -0.1) is 6.58 Å². The predicted molar refractivity (Wildman–Crippen MR) is 81.9 cm³/mol. The van der Waals surface area contributed by atoms with Gasteiger partial charge < -0.3 is 5.11 Å². The van der Waals surface area contributed by atoms with E-state index < -0.39 is 20.6 Å². The fourth-order valence-electron chi connectivity index (χ4n) is 1.84. The third kappa shape index (κ3) is 2.96. The molecule has 1 N–H and O–H groups in total. The molecule has 0 aliphatic heterocycles. The Balaban J connectivity index is 3.58. The second kappa shape index (κ2) is 5.69. The average molecular weight is 361 g/mol. The van der Waals surface area contributed by atoms with E-state index in [2.05, 4.69) is 22.5 Å². The summed E-state index contributed by atoms with van der Waals surface area (Å²) < 4.78 is 24.7. The summed E-state index contributed by atoms with van der Waals surface area (Å²) in [5.74, 6) is -1.15. The molecular weight excluding hydrogens is 344 g/mol. The molecule has 0 aliphatic rings. The van der Waals surface area contributed by atoms with E-state index in [0.29, 0.717) is 10.0 Å². The highest BCUT2D eigenvalue weighted by Gasteiger charge is 2.36. The zero-order valence-electron chi connectivity index (χ0n) is 11.6. The fraction of sp³-hybridized carbons (Fsp3) is 0.357. The Morgan fingerprint density at radius 2 is 2.00 bits per heavy atom. The Morgan fingerprint density at radius 3 is 2.45 bits per heavy atom. The molecule has 20 heavy (non-hydrogen) atoms. The number of rotatable bonds is 5. The van der Waals surface area contributed by atoms with Crippen LogP contribution in [0.5, 0.6) is 0 Å². The number of carbonyl (C=O) groups is 1. The second-order valence-electron chi connectivity index (χ2n) is 5.16. The van der Waals surface area contributed by atoms with Crippen molar-refractivity contribution < 1.29 is 18.3 Å². The lowest BCUT2D eigenvalue weighted by atomic mass is 10.1. The molecule has 6 heteroatoms. The minimum Gasteiger partial charge on any atom is -0.478 e. The van der Waals surface area contributed by atoms with Gasteiger partial charge in [-0.2, -0.15) is 0 Å². The highest BCUT2D eigenvalue weighted by atomic mass is 79.9. The zero-order chi connectivity index (χ0) is 15.7. The molecule has 4 nitrogen and oxygen atoms in total. The first-order chi connectivity index (χ1) is 9.04. The van der Waals surface area contributed by atoms with Crippen molar-refractivity contribution in [1.82, 2.24) is 0 Å². The fourth-order valence-corrected chi connectivity index (χ4v) is 4.46. The molecule has 0 spiro atoms. The van der Waals surface area contributed by atoms with Crippen molar-refractivity contribution in [3.63, 3.8) is 0 Å². The van der Waals surface area contributed by atoms with Crippen molar-refractivity contribution in [3.05, 3.63) is 40.4 Å². The Bertz CT molecular complexity index is 660. The van der Waals surface area contributed by atoms with Crippen LogP contribution in [0.3, 0.4) is 0 Å². The Kier molecular flexibility index (Phi) is 4.82. The normalized spacial score (nSPS) is 12.2. The summed E-state index contributed by atoms with van der Waals surface area (Å²) >= 11 is 3.21. The molecule has 0 atom stereocenters. The zero-order valence-corrected chi connectivity index (χ0v) is 14.0. The third-order valence-electron chi connectivity index (χ3n) is 3.16. The van der Waals surface area contributed by atoms with Gasteiger partial charge in [0.2, 0.25) is 0 Å². The first-order valence-corrected chi connectivity index (χ1v) is 8.21. The first-order valence-electron chi connectivity index (χ1n) is 5.93. The number of allylic oxidation sites excluding steroid dienone is 1. The number of carboxylic acids is 1. The molecule has 0 fully saturated rings. The number of hydrogen-bond donors (Lipinski definition) is 1. The Labute approximate surface area is 127 Å². The number of benzene rings is 1. The minimum atomic E-state index is -3.69. The van der Waals surface area contributed by atoms with E-state index in [-0.39, 0.29) is 16.9 Å². The number of aromatic carboxylic acids is 1. The van der Waals surface area contributed by atoms with Crippen LogP contribution in [-0.2, 0) is 9.84 Å². The van der Waals surface area contributed by atoms with Gasteiger partial charge in [0, 0.05) is 4.47 Å². The van der Waals surface area contributed by atoms with E-state index in [1.54, 1.807) is 20.8 Å². The van der Waals surface area contributed by atoms with Crippen LogP contribution >= 0.6 is 15.9 Å². The number of sulfone groups is 1. The summed E-state index contributed by atoms with van der Waals surface area (Å²) in [5.41, 5.74) is 0.492. The maximum absolute atomic E-state index is 12.7. The molecule has 1 aromatic rings. The highest BCUT2D eigenvalue weighted by Crippen LogP contribution is 2.34. The maximum Gasteiger partial charge on any atom is 0.335 e. The van der Waals surface area contributed by atoms with Crippen molar-refractivity contribution in [2.45, 2.75) is 36.8 Å². The van der Waals surface area contributed by atoms with Gasteiger partial charge in [0.15, 0.2) is 9.84 Å². The quantitative estimate of drug-likeness (QED) is 0.814. The molecule has 1 aromatic carbocycles. The van der Waals surface area contributed by atoms with Crippen molar-refractivity contribution in [3.8, 4) is 0 Å². The van der Waals surface area contributed by atoms with Crippen molar-refractivity contribution in [2.24, 2.45) is 0 Å². The van der Waals surface area contributed by atoms with E-state index >= 15 is 0 Å². The number of aryl methyl sites for hydroxylation is 1. The molecule has 0 saturated carbocycles. The van der Waals surface area contributed by atoms with Gasteiger partial charge in [0.25, 0.3) is 0 Å². The molecule has 0 aromatic heterocycles. The molecule has 0 amide bonds. The first kappa shape index (κ1) is 16.9. The van der Waals surface area contributed by atoms with Gasteiger partial charge in [0.1, 0.15) is 0 Å². The number of hydrogen-bond acceptors (Lipinski definition) is 3. The van der Waals surface area contributed by atoms with Crippen LogP contribution in [0.2, 0.25) is 0 Å². The highest BCUT2D eigenvalue weighted by molar-refractivity contribution is 9.10. The van der Waals surface area contributed by atoms with E-state index in [4.69, 9.17) is 5.11 Å². The molecule has 0 heterocycles. The van der Waals surface area contributed by atoms with Crippen LogP contribution in [0.4, 0.5) is 0 Å². The van der Waals surface area contributed by atoms with Crippen LogP contribution < -0.4 is 0 Å². The van der Waals surface area contributed by atoms with Crippen molar-refractivity contribution in [2.75, 3.05) is 0 Å². The molecule has 1 rings (SSSR count). The molecule has 0 bridgehead atoms. The molecular formula is C14H17BrO4S. The summed E-state index contributed by atoms with van der Waals surface area (Å²) in [7, 11) is -3.69. The van der Waals surface area contributed by atoms with Crippen LogP contribution in [0.1, 0.15) is 36.2 Å². The van der Waals surface area contributed by atoms with Gasteiger partial charge in [-0.1, -0.05) is 6.08 Å². The monoisotopic (exact) mass is 360 g/mol. The second-order valence-corrected chi connectivity index (χ2v) is 8.56. The summed E-state index contributed by atoms with van der Waals surface area (Å²) in [6.45, 7) is 8.38. The molecule has 0 unspecified atom stereocenters. The van der Waals surface area contributed by atoms with Crippen LogP contribution in [0.25, 0.3) is 0 Å². The third-order valence-corrected chi connectivity index (χ3v) is 6.62. The van der Waals surface area contributed by atoms with Crippen molar-refractivity contribution >= 4 is 31.7 Å². The Morgan fingerprint density at radius 1 is 1.45 bits per heavy atom. The lowest BCUT2D eigenvalue weighted by molar-refractivity contribution is 0.0696. The largest absolute Gasteiger partial charge is 0.478 e. The summed E-state index contributed by atoms with van der Waals surface area (Å²) in [5, 5.41) is 9.13. The smallest absolute Gasteiger partial charge is 0.335 e. The Hall–Kier alpha value is -1.14. The van der Waals surface area contributed by atoms with E-state index in [1.807, 2.05) is 0 Å². The van der Waals surface area contributed by atoms with Gasteiger partial charge in [-0.05, 0) is 60.8 Å². The number of carboxylic acid groups (broad SMARTS) is 1. The topological polar surface area (TPSA) is 71.4 Å². The van der Waals surface area contributed by atoms with E-state index in [9.17, 15) is 13.2 Å². The SMILES string of the molecule is C=CCC(C)(C)S(=O)(=O)c1cc(C(=O)O)c(C)cc1Br. The molecule has 0 aliphatic carbocycles. The summed E-state index contributed by atoms with van der Waals surface area (Å²) in [6.07, 6.45) is 1.82. The van der Waals surface area contributed by atoms with Crippen LogP contribution in [0, 0.1) is 6.92 Å². The van der Waals surface area contributed by atoms with Crippen LogP contribution in [-0.4, -0.2) is 24.2 Å². The number of halogens is 1. The van der Waals surface area contributed by atoms with Crippen LogP contribution in [0.15, 0.2) is 34.2 Å². The summed E-state index contributed by atoms with van der Waals surface area (Å²) in [4.78, 5) is 11.2. The van der Waals surface area contributed by atoms with Gasteiger partial charge >= 0.3 is 5.97 Å². The van der Waals surface area contributed by atoms with Gasteiger partial charge in [0.05, 0.1) is 15.2 Å². The minimum absolute atomic E-state index is 0.00708. The lowest BCUT2D eigenvalue weighted by Gasteiger charge is -2.24. The summed E-state index contributed by atoms with van der Waals surface area (Å²) in [6, 6.07) is 2.72. The maximum atomic E-state index is 12.7. The van der Waals surface area contributed by atoms with E-state index in [1.165, 1.54) is 18.2 Å². The molecule has 0 radical (unpaired) electrons. The van der Waals surface area contributed by atoms with Crippen molar-refractivity contribution in [1.29, 1.82) is 0 Å². The standard InChI is InChI=1S/C14H17BrO4S/c1-5-6-14(3,4)20(18,19)12-8-10(13(16)17)9(2)7-11(12)15/h5,7-8H,1,6H2,2-4H3,(H,16,17). The lowest BCUT2D eigenvalue weighted by Crippen LogP contribution is -2.31. The molecule has 110 valence electrons. The predicted octanol–water partition coefficient (Wildman–Crippen LogP) is 3.58. The average Bonchev–Trinajstić information content (AvgIpc) is 2.27. The van der Waals surface area contributed by atoms with Gasteiger partial charge in [-0.25, -0.2) is 13.2 Å². The molecule has 0 saturated heterocycles. The van der Waals surface area contributed by atoms with E-state index in [0.717, 1.165) is 0 Å².